The van der Waals surface area contributed by atoms with Crippen molar-refractivity contribution in [1.82, 2.24) is 0 Å². The van der Waals surface area contributed by atoms with Crippen LogP contribution in [0.15, 0.2) is 6.07 Å². The summed E-state index contributed by atoms with van der Waals surface area (Å²) in [5.74, 6) is 2.10. The third kappa shape index (κ3) is 1.93. The van der Waals surface area contributed by atoms with Crippen LogP contribution in [-0.4, -0.2) is 21.3 Å². The van der Waals surface area contributed by atoms with E-state index in [9.17, 15) is 0 Å². The zero-order valence-corrected chi connectivity index (χ0v) is 10.6. The van der Waals surface area contributed by atoms with Gasteiger partial charge in [-0.05, 0) is 30.9 Å². The van der Waals surface area contributed by atoms with Gasteiger partial charge in [0.05, 0.1) is 21.3 Å². The molecule has 0 aromatic heterocycles. The molecular formula is C13H19NO3. The zero-order chi connectivity index (χ0) is 12.4. The van der Waals surface area contributed by atoms with Gasteiger partial charge in [0.1, 0.15) is 0 Å². The van der Waals surface area contributed by atoms with Crippen molar-refractivity contribution in [2.45, 2.75) is 25.3 Å². The van der Waals surface area contributed by atoms with E-state index in [2.05, 4.69) is 0 Å². The predicted molar refractivity (Wildman–Crippen MR) is 66.0 cm³/mol. The van der Waals surface area contributed by atoms with E-state index in [-0.39, 0.29) is 6.04 Å². The molecule has 0 fully saturated rings. The molecule has 0 amide bonds. The molecule has 0 bridgehead atoms. The number of rotatable bonds is 3. The van der Waals surface area contributed by atoms with Gasteiger partial charge in [0.25, 0.3) is 0 Å². The number of nitrogens with two attached hydrogens (primary N) is 1. The van der Waals surface area contributed by atoms with E-state index in [0.29, 0.717) is 11.5 Å². The molecule has 1 aliphatic carbocycles. The highest BCUT2D eigenvalue weighted by Crippen LogP contribution is 2.46. The van der Waals surface area contributed by atoms with Gasteiger partial charge in [-0.25, -0.2) is 0 Å². The van der Waals surface area contributed by atoms with E-state index in [1.54, 1.807) is 21.3 Å². The van der Waals surface area contributed by atoms with Gasteiger partial charge in [0.2, 0.25) is 5.75 Å². The summed E-state index contributed by atoms with van der Waals surface area (Å²) in [6, 6.07) is 2.04. The van der Waals surface area contributed by atoms with Gasteiger partial charge >= 0.3 is 0 Å². The van der Waals surface area contributed by atoms with Crippen LogP contribution in [0.4, 0.5) is 0 Å². The zero-order valence-electron chi connectivity index (χ0n) is 10.6. The molecular weight excluding hydrogens is 218 g/mol. The topological polar surface area (TPSA) is 53.7 Å². The maximum atomic E-state index is 6.13. The molecule has 1 aromatic rings. The smallest absolute Gasteiger partial charge is 0.203 e. The molecule has 94 valence electrons. The largest absolute Gasteiger partial charge is 0.493 e. The first-order valence-electron chi connectivity index (χ1n) is 5.80. The molecule has 2 rings (SSSR count). The molecule has 0 radical (unpaired) electrons. The summed E-state index contributed by atoms with van der Waals surface area (Å²) in [4.78, 5) is 0. The fraction of sp³-hybridized carbons (Fsp3) is 0.538. The fourth-order valence-corrected chi connectivity index (χ4v) is 2.48. The molecule has 2 N–H and O–H groups in total. The Morgan fingerprint density at radius 2 is 1.82 bits per heavy atom. The minimum atomic E-state index is 0.0625. The monoisotopic (exact) mass is 237 g/mol. The highest BCUT2D eigenvalue weighted by atomic mass is 16.5. The second kappa shape index (κ2) is 4.84. The quantitative estimate of drug-likeness (QED) is 0.874. The molecule has 0 unspecified atom stereocenters. The first-order chi connectivity index (χ1) is 8.22. The lowest BCUT2D eigenvalue weighted by Gasteiger charge is -2.26. The molecule has 0 saturated heterocycles. The number of methoxy groups -OCH3 is 3. The second-order valence-electron chi connectivity index (χ2n) is 4.21. The van der Waals surface area contributed by atoms with E-state index in [1.165, 1.54) is 0 Å². The van der Waals surface area contributed by atoms with Crippen molar-refractivity contribution in [3.8, 4) is 17.2 Å². The van der Waals surface area contributed by atoms with Gasteiger partial charge in [-0.3, -0.25) is 0 Å². The molecule has 1 aromatic carbocycles. The lowest BCUT2D eigenvalue weighted by atomic mass is 9.87. The van der Waals surface area contributed by atoms with E-state index >= 15 is 0 Å². The van der Waals surface area contributed by atoms with Crippen molar-refractivity contribution in [2.75, 3.05) is 21.3 Å². The molecule has 1 atom stereocenters. The van der Waals surface area contributed by atoms with E-state index < -0.39 is 0 Å². The van der Waals surface area contributed by atoms with Crippen molar-refractivity contribution >= 4 is 0 Å². The molecule has 4 nitrogen and oxygen atoms in total. The molecule has 1 aliphatic rings. The Morgan fingerprint density at radius 1 is 1.12 bits per heavy atom. The minimum Gasteiger partial charge on any atom is -0.493 e. The second-order valence-corrected chi connectivity index (χ2v) is 4.21. The number of hydrogen-bond donors (Lipinski definition) is 1. The summed E-state index contributed by atoms with van der Waals surface area (Å²) in [5.41, 5.74) is 8.41. The number of benzene rings is 1. The molecule has 0 spiro atoms. The Morgan fingerprint density at radius 3 is 2.41 bits per heavy atom. The maximum Gasteiger partial charge on any atom is 0.203 e. The van der Waals surface area contributed by atoms with E-state index in [1.807, 2.05) is 6.07 Å². The van der Waals surface area contributed by atoms with Crippen LogP contribution >= 0.6 is 0 Å². The van der Waals surface area contributed by atoms with Crippen LogP contribution in [0.3, 0.4) is 0 Å². The van der Waals surface area contributed by atoms with Gasteiger partial charge in [0.15, 0.2) is 11.5 Å². The predicted octanol–water partition coefficient (Wildman–Crippen LogP) is 2.05. The molecule has 0 aliphatic heterocycles. The third-order valence-corrected chi connectivity index (χ3v) is 3.31. The van der Waals surface area contributed by atoms with Crippen LogP contribution in [0.2, 0.25) is 0 Å². The molecule has 0 heterocycles. The summed E-state index contributed by atoms with van der Waals surface area (Å²) >= 11 is 0. The van der Waals surface area contributed by atoms with Gasteiger partial charge in [0, 0.05) is 11.6 Å². The number of fused-ring (bicyclic) bond motifs is 1. The Balaban J connectivity index is 2.64. The number of ether oxygens (including phenoxy) is 3. The Labute approximate surface area is 102 Å². The molecule has 0 saturated carbocycles. The van der Waals surface area contributed by atoms with Gasteiger partial charge < -0.3 is 19.9 Å². The average Bonchev–Trinajstić information content (AvgIpc) is 2.36. The van der Waals surface area contributed by atoms with Crippen LogP contribution in [-0.2, 0) is 6.42 Å². The van der Waals surface area contributed by atoms with Crippen LogP contribution < -0.4 is 19.9 Å². The van der Waals surface area contributed by atoms with Crippen molar-refractivity contribution in [3.63, 3.8) is 0 Å². The summed E-state index contributed by atoms with van der Waals surface area (Å²) in [7, 11) is 4.89. The van der Waals surface area contributed by atoms with Crippen LogP contribution in [0.5, 0.6) is 17.2 Å². The van der Waals surface area contributed by atoms with Gasteiger partial charge in [-0.2, -0.15) is 0 Å². The van der Waals surface area contributed by atoms with Crippen molar-refractivity contribution < 1.29 is 14.2 Å². The minimum absolute atomic E-state index is 0.0625. The maximum absolute atomic E-state index is 6.13. The number of hydrogen-bond acceptors (Lipinski definition) is 4. The van der Waals surface area contributed by atoms with Crippen molar-refractivity contribution in [1.29, 1.82) is 0 Å². The summed E-state index contributed by atoms with van der Waals surface area (Å²) in [5, 5.41) is 0. The first kappa shape index (κ1) is 12.0. The van der Waals surface area contributed by atoms with Crippen LogP contribution in [0, 0.1) is 0 Å². The lowest BCUT2D eigenvalue weighted by Crippen LogP contribution is -2.18. The lowest BCUT2D eigenvalue weighted by molar-refractivity contribution is 0.319. The summed E-state index contributed by atoms with van der Waals surface area (Å²) < 4.78 is 16.2. The summed E-state index contributed by atoms with van der Waals surface area (Å²) in [6.07, 6.45) is 3.07. The van der Waals surface area contributed by atoms with E-state index in [4.69, 9.17) is 19.9 Å². The van der Waals surface area contributed by atoms with Crippen molar-refractivity contribution in [3.05, 3.63) is 17.2 Å². The standard InChI is InChI=1S/C13H19NO3/c1-15-11-7-9-8(5-4-6-10(9)14)12(16-2)13(11)17-3/h7,10H,4-6,14H2,1-3H3/t10-/m1/s1. The van der Waals surface area contributed by atoms with Gasteiger partial charge in [-0.15, -0.1) is 0 Å². The summed E-state index contributed by atoms with van der Waals surface area (Å²) in [6.45, 7) is 0. The van der Waals surface area contributed by atoms with Gasteiger partial charge in [-0.1, -0.05) is 0 Å². The average molecular weight is 237 g/mol. The Hall–Kier alpha value is -1.42. The highest BCUT2D eigenvalue weighted by molar-refractivity contribution is 5.60. The van der Waals surface area contributed by atoms with Crippen LogP contribution in [0.1, 0.15) is 30.0 Å². The van der Waals surface area contributed by atoms with Crippen LogP contribution in [0.25, 0.3) is 0 Å². The normalized spacial score (nSPS) is 18.5. The molecule has 4 heteroatoms. The highest BCUT2D eigenvalue weighted by Gasteiger charge is 2.25. The molecule has 17 heavy (non-hydrogen) atoms. The third-order valence-electron chi connectivity index (χ3n) is 3.31. The SMILES string of the molecule is COc1cc2c(c(OC)c1OC)CCC[C@H]2N. The van der Waals surface area contributed by atoms with E-state index in [0.717, 1.165) is 36.1 Å². The van der Waals surface area contributed by atoms with Crippen molar-refractivity contribution in [2.24, 2.45) is 5.73 Å². The fourth-order valence-electron chi connectivity index (χ4n) is 2.48. The Bertz CT molecular complexity index is 418. The first-order valence-corrected chi connectivity index (χ1v) is 5.80. The Kier molecular flexibility index (Phi) is 3.43.